The van der Waals surface area contributed by atoms with Crippen LogP contribution in [0.1, 0.15) is 27.2 Å². The Morgan fingerprint density at radius 2 is 2.00 bits per heavy atom. The Labute approximate surface area is 107 Å². The molecule has 102 valence electrons. The summed E-state index contributed by atoms with van der Waals surface area (Å²) in [4.78, 5) is 0. The topological polar surface area (TPSA) is 30.5 Å². The fourth-order valence-electron chi connectivity index (χ4n) is 1.46. The Balaban J connectivity index is 3.73. The molecule has 3 nitrogen and oxygen atoms in total. The minimum Gasteiger partial charge on any atom is -0.382 e. The first-order valence-corrected chi connectivity index (χ1v) is 6.45. The molecule has 0 aliphatic carbocycles. The molecule has 0 radical (unpaired) electrons. The van der Waals surface area contributed by atoms with Gasteiger partial charge in [0, 0.05) is 20.3 Å². The molecule has 3 heteroatoms. The minimum absolute atomic E-state index is 0.113. The van der Waals surface area contributed by atoms with Crippen LogP contribution >= 0.6 is 0 Å². The van der Waals surface area contributed by atoms with Crippen molar-refractivity contribution in [3.05, 3.63) is 12.7 Å². The zero-order valence-corrected chi connectivity index (χ0v) is 11.9. The van der Waals surface area contributed by atoms with Crippen LogP contribution in [-0.2, 0) is 9.47 Å². The first-order chi connectivity index (χ1) is 8.04. The second kappa shape index (κ2) is 9.63. The van der Waals surface area contributed by atoms with Crippen LogP contribution in [0, 0.1) is 11.3 Å². The van der Waals surface area contributed by atoms with Crippen molar-refractivity contribution in [1.82, 2.24) is 5.32 Å². The van der Waals surface area contributed by atoms with Crippen LogP contribution in [0.15, 0.2) is 12.7 Å². The molecule has 1 atom stereocenters. The summed E-state index contributed by atoms with van der Waals surface area (Å²) >= 11 is 0. The maximum absolute atomic E-state index is 5.50. The summed E-state index contributed by atoms with van der Waals surface area (Å²) < 4.78 is 10.4. The Bertz CT molecular complexity index is 195. The molecule has 0 bridgehead atoms. The average Bonchev–Trinajstić information content (AvgIpc) is 2.28. The molecule has 0 aliphatic rings. The van der Waals surface area contributed by atoms with E-state index in [9.17, 15) is 0 Å². The van der Waals surface area contributed by atoms with Crippen molar-refractivity contribution in [1.29, 1.82) is 0 Å². The average molecular weight is 243 g/mol. The smallest absolute Gasteiger partial charge is 0.0700 e. The van der Waals surface area contributed by atoms with E-state index >= 15 is 0 Å². The van der Waals surface area contributed by atoms with Gasteiger partial charge in [0.2, 0.25) is 0 Å². The molecule has 0 saturated carbocycles. The third-order valence-corrected chi connectivity index (χ3v) is 2.82. The third-order valence-electron chi connectivity index (χ3n) is 2.82. The fourth-order valence-corrected chi connectivity index (χ4v) is 1.46. The van der Waals surface area contributed by atoms with Crippen LogP contribution in [0.2, 0.25) is 0 Å². The lowest BCUT2D eigenvalue weighted by Crippen LogP contribution is -2.33. The van der Waals surface area contributed by atoms with Crippen molar-refractivity contribution >= 4 is 0 Å². The number of ether oxygens (including phenoxy) is 2. The van der Waals surface area contributed by atoms with Gasteiger partial charge in [-0.05, 0) is 24.3 Å². The van der Waals surface area contributed by atoms with Crippen LogP contribution in [0.4, 0.5) is 0 Å². The lowest BCUT2D eigenvalue weighted by atomic mass is 9.87. The molecule has 0 rings (SSSR count). The highest BCUT2D eigenvalue weighted by molar-refractivity contribution is 4.93. The second-order valence-corrected chi connectivity index (χ2v) is 5.24. The molecule has 0 heterocycles. The zero-order chi connectivity index (χ0) is 13.1. The summed E-state index contributed by atoms with van der Waals surface area (Å²) in [6, 6.07) is 0. The van der Waals surface area contributed by atoms with Gasteiger partial charge in [-0.25, -0.2) is 0 Å². The number of hydrogen-bond donors (Lipinski definition) is 1. The molecule has 0 aromatic carbocycles. The van der Waals surface area contributed by atoms with Crippen LogP contribution in [0.5, 0.6) is 0 Å². The third kappa shape index (κ3) is 9.33. The van der Waals surface area contributed by atoms with E-state index < -0.39 is 0 Å². The van der Waals surface area contributed by atoms with Crippen molar-refractivity contribution in [3.8, 4) is 0 Å². The summed E-state index contributed by atoms with van der Waals surface area (Å²) in [5.41, 5.74) is 0.113. The van der Waals surface area contributed by atoms with Crippen LogP contribution in [0.25, 0.3) is 0 Å². The Morgan fingerprint density at radius 1 is 1.29 bits per heavy atom. The minimum atomic E-state index is 0.113. The van der Waals surface area contributed by atoms with E-state index in [1.807, 2.05) is 6.08 Å². The van der Waals surface area contributed by atoms with Gasteiger partial charge in [0.15, 0.2) is 0 Å². The van der Waals surface area contributed by atoms with Crippen molar-refractivity contribution in [2.24, 2.45) is 11.3 Å². The van der Waals surface area contributed by atoms with E-state index in [1.54, 1.807) is 7.11 Å². The van der Waals surface area contributed by atoms with Gasteiger partial charge in [-0.3, -0.25) is 0 Å². The normalized spacial score (nSPS) is 14.9. The molecular weight excluding hydrogens is 214 g/mol. The van der Waals surface area contributed by atoms with Crippen molar-refractivity contribution in [2.45, 2.75) is 27.2 Å². The molecule has 1 unspecified atom stereocenters. The van der Waals surface area contributed by atoms with E-state index in [0.717, 1.165) is 26.1 Å². The van der Waals surface area contributed by atoms with E-state index in [1.165, 1.54) is 0 Å². The van der Waals surface area contributed by atoms with Crippen LogP contribution < -0.4 is 5.32 Å². The quantitative estimate of drug-likeness (QED) is 0.447. The molecule has 0 fully saturated rings. The van der Waals surface area contributed by atoms with Gasteiger partial charge in [0.25, 0.3) is 0 Å². The van der Waals surface area contributed by atoms with Gasteiger partial charge in [0.1, 0.15) is 0 Å². The molecule has 0 aliphatic heterocycles. The number of rotatable bonds is 11. The maximum atomic E-state index is 5.50. The van der Waals surface area contributed by atoms with E-state index in [0.29, 0.717) is 19.1 Å². The molecule has 1 N–H and O–H groups in total. The molecule has 0 spiro atoms. The lowest BCUT2D eigenvalue weighted by Gasteiger charge is -2.26. The van der Waals surface area contributed by atoms with Crippen molar-refractivity contribution in [2.75, 3.05) is 40.0 Å². The van der Waals surface area contributed by atoms with Gasteiger partial charge in [-0.15, -0.1) is 6.58 Å². The molecule has 0 aromatic rings. The van der Waals surface area contributed by atoms with Gasteiger partial charge >= 0.3 is 0 Å². The van der Waals surface area contributed by atoms with Gasteiger partial charge in [0.05, 0.1) is 13.2 Å². The number of nitrogens with one attached hydrogen (secondary N) is 1. The van der Waals surface area contributed by atoms with Gasteiger partial charge < -0.3 is 14.8 Å². The highest BCUT2D eigenvalue weighted by Gasteiger charge is 2.19. The zero-order valence-electron chi connectivity index (χ0n) is 11.9. The predicted octanol–water partition coefficient (Wildman–Crippen LogP) is 2.48. The van der Waals surface area contributed by atoms with Crippen LogP contribution in [0.3, 0.4) is 0 Å². The Hall–Kier alpha value is -0.380. The first kappa shape index (κ1) is 16.6. The van der Waals surface area contributed by atoms with Crippen LogP contribution in [-0.4, -0.2) is 40.0 Å². The van der Waals surface area contributed by atoms with Gasteiger partial charge in [-0.1, -0.05) is 26.8 Å². The van der Waals surface area contributed by atoms with E-state index in [-0.39, 0.29) is 5.41 Å². The Kier molecular flexibility index (Phi) is 9.41. The molecule has 0 saturated heterocycles. The summed E-state index contributed by atoms with van der Waals surface area (Å²) in [5, 5.41) is 3.48. The number of hydrogen-bond acceptors (Lipinski definition) is 3. The monoisotopic (exact) mass is 243 g/mol. The highest BCUT2D eigenvalue weighted by atomic mass is 16.5. The Morgan fingerprint density at radius 3 is 2.53 bits per heavy atom. The largest absolute Gasteiger partial charge is 0.382 e. The molecule has 0 amide bonds. The highest BCUT2D eigenvalue weighted by Crippen LogP contribution is 2.21. The van der Waals surface area contributed by atoms with Crippen molar-refractivity contribution in [3.63, 3.8) is 0 Å². The molecule has 17 heavy (non-hydrogen) atoms. The summed E-state index contributed by atoms with van der Waals surface area (Å²) in [5.74, 6) is 0.682. The first-order valence-electron chi connectivity index (χ1n) is 6.45. The summed E-state index contributed by atoms with van der Waals surface area (Å²) in [6.07, 6.45) is 3.02. The van der Waals surface area contributed by atoms with E-state index in [4.69, 9.17) is 9.47 Å². The van der Waals surface area contributed by atoms with Crippen molar-refractivity contribution < 1.29 is 9.47 Å². The van der Waals surface area contributed by atoms with Gasteiger partial charge in [-0.2, -0.15) is 0 Å². The van der Waals surface area contributed by atoms with E-state index in [2.05, 4.69) is 32.7 Å². The standard InChI is InChI=1S/C14H29NO2/c1-6-14(4,12-15-11-13(2)3)7-8-17-10-9-16-5/h6,13,15H,1,7-12H2,2-5H3. The predicted molar refractivity (Wildman–Crippen MR) is 73.3 cm³/mol. The molecular formula is C14H29NO2. The fraction of sp³-hybridized carbons (Fsp3) is 0.857. The second-order valence-electron chi connectivity index (χ2n) is 5.24. The summed E-state index contributed by atoms with van der Waals surface area (Å²) in [7, 11) is 1.69. The molecule has 0 aromatic heterocycles. The lowest BCUT2D eigenvalue weighted by molar-refractivity contribution is 0.0590. The summed E-state index contributed by atoms with van der Waals surface area (Å²) in [6.45, 7) is 14.7. The SMILES string of the molecule is C=CC(C)(CCOCCOC)CNCC(C)C. The maximum Gasteiger partial charge on any atom is 0.0700 e. The number of methoxy groups -OCH3 is 1.